The van der Waals surface area contributed by atoms with Gasteiger partial charge in [0.15, 0.2) is 5.96 Å². The minimum absolute atomic E-state index is 0. The summed E-state index contributed by atoms with van der Waals surface area (Å²) in [6.45, 7) is 16.7. The number of aliphatic imine (C=N–C) groups is 1. The zero-order chi connectivity index (χ0) is 20.5. The molecule has 3 rings (SSSR count). The van der Waals surface area contributed by atoms with E-state index in [1.54, 1.807) is 0 Å². The molecule has 170 valence electrons. The van der Waals surface area contributed by atoms with Crippen molar-refractivity contribution in [2.45, 2.75) is 43.3 Å². The smallest absolute Gasteiger partial charge is 0.191 e. The Morgan fingerprint density at radius 2 is 1.73 bits per heavy atom. The van der Waals surface area contributed by atoms with Crippen LogP contribution in [0.3, 0.4) is 0 Å². The second kappa shape index (κ2) is 13.1. The Balaban J connectivity index is 0.00000320. The number of hydrogen-bond donors (Lipinski definition) is 2. The minimum Gasteiger partial charge on any atom is -0.357 e. The van der Waals surface area contributed by atoms with Crippen LogP contribution in [0.15, 0.2) is 40.2 Å². The zero-order valence-corrected chi connectivity index (χ0v) is 22.0. The van der Waals surface area contributed by atoms with Crippen molar-refractivity contribution >= 4 is 41.7 Å². The van der Waals surface area contributed by atoms with Crippen LogP contribution in [-0.2, 0) is 0 Å². The van der Waals surface area contributed by atoms with Crippen LogP contribution in [0.1, 0.15) is 33.6 Å². The Kier molecular flexibility index (Phi) is 11.3. The average Bonchev–Trinajstić information content (AvgIpc) is 3.51. The van der Waals surface area contributed by atoms with Crippen LogP contribution in [-0.4, -0.2) is 79.4 Å². The van der Waals surface area contributed by atoms with Crippen LogP contribution in [0.25, 0.3) is 0 Å². The van der Waals surface area contributed by atoms with E-state index in [2.05, 4.69) is 71.5 Å². The summed E-state index contributed by atoms with van der Waals surface area (Å²) >= 11 is 1.99. The van der Waals surface area contributed by atoms with Gasteiger partial charge in [0.1, 0.15) is 0 Å². The van der Waals surface area contributed by atoms with Gasteiger partial charge in [0.05, 0.1) is 6.54 Å². The molecule has 1 saturated carbocycles. The summed E-state index contributed by atoms with van der Waals surface area (Å²) in [6.07, 6.45) is 2.52. The lowest BCUT2D eigenvalue weighted by Gasteiger charge is -2.35. The highest BCUT2D eigenvalue weighted by Gasteiger charge is 2.43. The van der Waals surface area contributed by atoms with Crippen molar-refractivity contribution < 1.29 is 0 Å². The van der Waals surface area contributed by atoms with Crippen molar-refractivity contribution in [3.8, 4) is 0 Å². The number of rotatable bonds is 10. The Morgan fingerprint density at radius 3 is 2.33 bits per heavy atom. The molecule has 30 heavy (non-hydrogen) atoms. The number of halogens is 1. The third-order valence-electron chi connectivity index (χ3n) is 5.85. The number of hydrogen-bond acceptors (Lipinski definition) is 4. The quantitative estimate of drug-likeness (QED) is 0.266. The Hall–Kier alpha value is -0.510. The summed E-state index contributed by atoms with van der Waals surface area (Å²) in [5, 5.41) is 7.02. The predicted molar refractivity (Wildman–Crippen MR) is 141 cm³/mol. The number of nitrogens with zero attached hydrogens (tertiary/aromatic N) is 3. The number of guanidine groups is 1. The Labute approximate surface area is 204 Å². The largest absolute Gasteiger partial charge is 0.357 e. The van der Waals surface area contributed by atoms with E-state index in [0.717, 1.165) is 32.1 Å². The van der Waals surface area contributed by atoms with Gasteiger partial charge in [0.2, 0.25) is 0 Å². The van der Waals surface area contributed by atoms with E-state index in [0.29, 0.717) is 10.7 Å². The minimum atomic E-state index is 0. The molecule has 1 heterocycles. The van der Waals surface area contributed by atoms with Gasteiger partial charge in [0.25, 0.3) is 0 Å². The molecule has 0 spiro atoms. The molecule has 0 aromatic heterocycles. The summed E-state index contributed by atoms with van der Waals surface area (Å²) in [5.41, 5.74) is 0. The van der Waals surface area contributed by atoms with E-state index in [4.69, 9.17) is 4.99 Å². The standard InChI is InChI=1S/C23H39N5S.HI/c1-4-24-22(25-17-20(3)18-28-15-13-27(5-2)14-16-28)26-19-23(11-12-23)29-21-9-7-6-8-10-21;/h6-10,20H,4-5,11-19H2,1-3H3,(H2,24,25,26);1H. The first-order valence-corrected chi connectivity index (χ1v) is 12.1. The van der Waals surface area contributed by atoms with E-state index in [1.807, 2.05) is 11.8 Å². The van der Waals surface area contributed by atoms with Crippen molar-refractivity contribution in [2.24, 2.45) is 10.9 Å². The first-order chi connectivity index (χ1) is 14.1. The molecule has 0 bridgehead atoms. The van der Waals surface area contributed by atoms with Gasteiger partial charge in [-0.05, 0) is 44.4 Å². The maximum atomic E-state index is 4.94. The Morgan fingerprint density at radius 1 is 1.07 bits per heavy atom. The normalized spacial score (nSPS) is 20.3. The van der Waals surface area contributed by atoms with Gasteiger partial charge in [-0.3, -0.25) is 4.99 Å². The van der Waals surface area contributed by atoms with Crippen LogP contribution in [0.5, 0.6) is 0 Å². The Bertz CT molecular complexity index is 630. The molecule has 2 fully saturated rings. The van der Waals surface area contributed by atoms with Crippen LogP contribution in [0.2, 0.25) is 0 Å². The summed E-state index contributed by atoms with van der Waals surface area (Å²) in [7, 11) is 0. The maximum Gasteiger partial charge on any atom is 0.191 e. The van der Waals surface area contributed by atoms with Crippen LogP contribution in [0.4, 0.5) is 0 Å². The van der Waals surface area contributed by atoms with Crippen molar-refractivity contribution in [1.29, 1.82) is 0 Å². The lowest BCUT2D eigenvalue weighted by Crippen LogP contribution is -2.48. The molecule has 1 unspecified atom stereocenters. The average molecular weight is 546 g/mol. The third-order valence-corrected chi connectivity index (χ3v) is 7.33. The van der Waals surface area contributed by atoms with E-state index >= 15 is 0 Å². The second-order valence-corrected chi connectivity index (χ2v) is 10.1. The van der Waals surface area contributed by atoms with Gasteiger partial charge >= 0.3 is 0 Å². The molecule has 1 atom stereocenters. The van der Waals surface area contributed by atoms with Crippen LogP contribution in [0, 0.1) is 5.92 Å². The molecule has 1 saturated heterocycles. The van der Waals surface area contributed by atoms with E-state index in [1.165, 1.54) is 50.5 Å². The van der Waals surface area contributed by atoms with Gasteiger partial charge in [-0.25, -0.2) is 0 Å². The summed E-state index contributed by atoms with van der Waals surface area (Å²) < 4.78 is 0.300. The van der Waals surface area contributed by atoms with Gasteiger partial charge in [-0.1, -0.05) is 32.0 Å². The molecule has 1 aliphatic carbocycles. The number of piperazine rings is 1. The van der Waals surface area contributed by atoms with Crippen LogP contribution >= 0.6 is 35.7 Å². The summed E-state index contributed by atoms with van der Waals surface area (Å²) in [4.78, 5) is 11.4. The molecule has 0 amide bonds. The lowest BCUT2D eigenvalue weighted by molar-refractivity contribution is 0.124. The number of benzene rings is 1. The van der Waals surface area contributed by atoms with Crippen molar-refractivity contribution in [3.63, 3.8) is 0 Å². The predicted octanol–water partition coefficient (Wildman–Crippen LogP) is 3.76. The fourth-order valence-corrected chi connectivity index (χ4v) is 5.03. The third kappa shape index (κ3) is 8.55. The topological polar surface area (TPSA) is 42.9 Å². The lowest BCUT2D eigenvalue weighted by atomic mass is 10.1. The molecule has 7 heteroatoms. The van der Waals surface area contributed by atoms with Gasteiger partial charge in [-0.2, -0.15) is 0 Å². The molecule has 2 aliphatic rings. The summed E-state index contributed by atoms with van der Waals surface area (Å²) in [5.74, 6) is 1.58. The van der Waals surface area contributed by atoms with Gasteiger partial charge in [0, 0.05) is 55.5 Å². The van der Waals surface area contributed by atoms with Gasteiger partial charge < -0.3 is 20.4 Å². The van der Waals surface area contributed by atoms with Crippen LogP contribution < -0.4 is 10.6 Å². The second-order valence-electron chi connectivity index (χ2n) is 8.51. The molecule has 1 aromatic rings. The highest BCUT2D eigenvalue weighted by atomic mass is 127. The highest BCUT2D eigenvalue weighted by Crippen LogP contribution is 2.51. The highest BCUT2D eigenvalue weighted by molar-refractivity contribution is 14.0. The monoisotopic (exact) mass is 545 g/mol. The maximum absolute atomic E-state index is 4.94. The molecule has 5 nitrogen and oxygen atoms in total. The zero-order valence-electron chi connectivity index (χ0n) is 18.9. The molecule has 1 aliphatic heterocycles. The fourth-order valence-electron chi connectivity index (χ4n) is 3.80. The first kappa shape index (κ1) is 25.7. The molecular formula is C23H40IN5S. The molecule has 2 N–H and O–H groups in total. The van der Waals surface area contributed by atoms with E-state index in [-0.39, 0.29) is 24.0 Å². The molecular weight excluding hydrogens is 505 g/mol. The number of nitrogens with one attached hydrogen (secondary N) is 2. The molecule has 0 radical (unpaired) electrons. The van der Waals surface area contributed by atoms with E-state index in [9.17, 15) is 0 Å². The SMILES string of the molecule is CCNC(=NCC1(Sc2ccccc2)CC1)NCC(C)CN1CCN(CC)CC1.I. The molecule has 1 aromatic carbocycles. The fraction of sp³-hybridized carbons (Fsp3) is 0.696. The number of thioether (sulfide) groups is 1. The van der Waals surface area contributed by atoms with Crippen molar-refractivity contribution in [3.05, 3.63) is 30.3 Å². The summed E-state index contributed by atoms with van der Waals surface area (Å²) in [6, 6.07) is 10.7. The van der Waals surface area contributed by atoms with Crippen molar-refractivity contribution in [2.75, 3.05) is 58.9 Å². The van der Waals surface area contributed by atoms with E-state index < -0.39 is 0 Å². The van der Waals surface area contributed by atoms with Crippen molar-refractivity contribution in [1.82, 2.24) is 20.4 Å². The number of likely N-dealkylation sites (N-methyl/N-ethyl adjacent to an activating group) is 1. The van der Waals surface area contributed by atoms with Gasteiger partial charge in [-0.15, -0.1) is 35.7 Å². The first-order valence-electron chi connectivity index (χ1n) is 11.3.